The molecule has 7 nitrogen and oxygen atoms in total. The first-order valence-electron chi connectivity index (χ1n) is 9.96. The van der Waals surface area contributed by atoms with E-state index in [9.17, 15) is 13.2 Å². The Bertz CT molecular complexity index is 1050. The molecule has 0 fully saturated rings. The molecular formula is C22H29N3O4S. The van der Waals surface area contributed by atoms with Gasteiger partial charge in [-0.1, -0.05) is 12.1 Å². The number of carbonyl (C=O) groups is 1. The molecule has 3 rings (SSSR count). The van der Waals surface area contributed by atoms with E-state index in [-0.39, 0.29) is 11.9 Å². The zero-order valence-electron chi connectivity index (χ0n) is 18.1. The first-order valence-corrected chi connectivity index (χ1v) is 11.8. The van der Waals surface area contributed by atoms with Crippen LogP contribution in [0.1, 0.15) is 26.3 Å². The Morgan fingerprint density at radius 2 is 1.83 bits per heavy atom. The third-order valence-corrected chi connectivity index (χ3v) is 5.74. The Labute approximate surface area is 178 Å². The summed E-state index contributed by atoms with van der Waals surface area (Å²) >= 11 is 0. The van der Waals surface area contributed by atoms with Gasteiger partial charge in [-0.15, -0.1) is 0 Å². The summed E-state index contributed by atoms with van der Waals surface area (Å²) in [5.41, 5.74) is 5.18. The van der Waals surface area contributed by atoms with E-state index >= 15 is 0 Å². The van der Waals surface area contributed by atoms with Gasteiger partial charge in [-0.05, 0) is 61.7 Å². The van der Waals surface area contributed by atoms with Crippen molar-refractivity contribution in [2.45, 2.75) is 33.7 Å². The molecule has 0 aromatic heterocycles. The monoisotopic (exact) mass is 431 g/mol. The highest BCUT2D eigenvalue weighted by Crippen LogP contribution is 2.39. The van der Waals surface area contributed by atoms with E-state index in [1.807, 2.05) is 49.9 Å². The third-order valence-electron chi connectivity index (χ3n) is 5.15. The highest BCUT2D eigenvalue weighted by Gasteiger charge is 2.30. The van der Waals surface area contributed by atoms with Crippen molar-refractivity contribution in [1.29, 1.82) is 0 Å². The molecule has 0 radical (unpaired) electrons. The van der Waals surface area contributed by atoms with Crippen LogP contribution in [-0.2, 0) is 19.6 Å². The number of nitrogens with zero attached hydrogens (tertiary/aromatic N) is 2. The highest BCUT2D eigenvalue weighted by atomic mass is 32.2. The minimum Gasteiger partial charge on any atom is -0.361 e. The number of fused-ring (bicyclic) bond motifs is 1. The fourth-order valence-electron chi connectivity index (χ4n) is 3.86. The van der Waals surface area contributed by atoms with Crippen molar-refractivity contribution in [2.24, 2.45) is 0 Å². The Morgan fingerprint density at radius 1 is 1.17 bits per heavy atom. The fourth-order valence-corrected chi connectivity index (χ4v) is 4.49. The summed E-state index contributed by atoms with van der Waals surface area (Å²) in [5.74, 6) is 0.0135. The van der Waals surface area contributed by atoms with Crippen LogP contribution >= 0.6 is 0 Å². The lowest BCUT2D eigenvalue weighted by Crippen LogP contribution is -2.50. The topological polar surface area (TPSA) is 79.0 Å². The lowest BCUT2D eigenvalue weighted by Gasteiger charge is -2.41. The smallest absolute Gasteiger partial charge is 0.229 e. The number of hydrogen-bond donors (Lipinski definition) is 1. The minimum atomic E-state index is -3.33. The van der Waals surface area contributed by atoms with Crippen LogP contribution in [0.15, 0.2) is 36.4 Å². The van der Waals surface area contributed by atoms with Crippen molar-refractivity contribution in [2.75, 3.05) is 40.7 Å². The van der Waals surface area contributed by atoms with Gasteiger partial charge in [-0.25, -0.2) is 8.42 Å². The van der Waals surface area contributed by atoms with Gasteiger partial charge < -0.3 is 14.5 Å². The first kappa shape index (κ1) is 22.1. The second kappa shape index (κ2) is 8.65. The van der Waals surface area contributed by atoms with Crippen molar-refractivity contribution in [3.63, 3.8) is 0 Å². The van der Waals surface area contributed by atoms with Gasteiger partial charge in [0.05, 0.1) is 29.4 Å². The minimum absolute atomic E-state index is 0.0135. The molecular weight excluding hydrogens is 402 g/mol. The van der Waals surface area contributed by atoms with Crippen LogP contribution in [0.2, 0.25) is 0 Å². The largest absolute Gasteiger partial charge is 0.361 e. The molecule has 30 heavy (non-hydrogen) atoms. The predicted molar refractivity (Wildman–Crippen MR) is 122 cm³/mol. The molecule has 1 heterocycles. The van der Waals surface area contributed by atoms with Crippen LogP contribution in [0.4, 0.5) is 17.1 Å². The van der Waals surface area contributed by atoms with Crippen molar-refractivity contribution < 1.29 is 17.9 Å². The average molecular weight is 432 g/mol. The summed E-state index contributed by atoms with van der Waals surface area (Å²) in [6, 6.07) is 11.7. The quantitative estimate of drug-likeness (QED) is 0.756. The Morgan fingerprint density at radius 3 is 2.43 bits per heavy atom. The van der Waals surface area contributed by atoms with Crippen molar-refractivity contribution >= 4 is 33.0 Å². The second-order valence-electron chi connectivity index (χ2n) is 7.69. The van der Waals surface area contributed by atoms with Crippen molar-refractivity contribution in [3.8, 4) is 11.1 Å². The highest BCUT2D eigenvalue weighted by molar-refractivity contribution is 7.92. The molecule has 0 saturated carbocycles. The summed E-state index contributed by atoms with van der Waals surface area (Å²) in [7, 11) is -3.33. The molecule has 1 aliphatic rings. The summed E-state index contributed by atoms with van der Waals surface area (Å²) in [4.78, 5) is 16.2. The van der Waals surface area contributed by atoms with Crippen molar-refractivity contribution in [3.05, 3.63) is 42.0 Å². The van der Waals surface area contributed by atoms with Gasteiger partial charge in [0, 0.05) is 20.1 Å². The van der Waals surface area contributed by atoms with E-state index in [0.29, 0.717) is 25.6 Å². The number of carbonyl (C=O) groups excluding carboxylic acids is 1. The number of hydrogen-bond acceptors (Lipinski definition) is 5. The van der Waals surface area contributed by atoms with Gasteiger partial charge in [-0.3, -0.25) is 9.52 Å². The molecule has 1 amide bonds. The number of aryl methyl sites for hydroxylation is 1. The fraction of sp³-hybridized carbons (Fsp3) is 0.409. The zero-order chi connectivity index (χ0) is 22.1. The SMILES string of the molecule is CCOCN1C[C@H](C)N(C(C)=O)c2ccc(-c3ccc(NS(C)(=O)=O)c(C)c3)cc21. The maximum Gasteiger partial charge on any atom is 0.229 e. The van der Waals surface area contributed by atoms with E-state index in [4.69, 9.17) is 4.74 Å². The Balaban J connectivity index is 2.02. The third kappa shape index (κ3) is 4.76. The van der Waals surface area contributed by atoms with Crippen molar-refractivity contribution in [1.82, 2.24) is 0 Å². The van der Waals surface area contributed by atoms with E-state index in [1.165, 1.54) is 0 Å². The number of sulfonamides is 1. The van der Waals surface area contributed by atoms with E-state index < -0.39 is 10.0 Å². The van der Waals surface area contributed by atoms with Gasteiger partial charge in [0.25, 0.3) is 0 Å². The number of anilines is 3. The standard InChI is InChI=1S/C22H29N3O4S/c1-6-29-14-24-13-16(3)25(17(4)26)21-10-8-19(12-22(21)24)18-7-9-20(15(2)11-18)23-30(5,27)28/h7-12,16,23H,6,13-14H2,1-5H3/t16-/m0/s1. The summed E-state index contributed by atoms with van der Waals surface area (Å²) in [5, 5.41) is 0. The predicted octanol–water partition coefficient (Wildman–Crippen LogP) is 3.59. The number of benzene rings is 2. The molecule has 0 aliphatic carbocycles. The van der Waals surface area contributed by atoms with Crippen LogP contribution in [0, 0.1) is 6.92 Å². The maximum atomic E-state index is 12.3. The molecule has 8 heteroatoms. The molecule has 2 aromatic rings. The molecule has 162 valence electrons. The molecule has 0 saturated heterocycles. The van der Waals surface area contributed by atoms with Crippen LogP contribution in [0.25, 0.3) is 11.1 Å². The van der Waals surface area contributed by atoms with Gasteiger partial charge in [0.15, 0.2) is 0 Å². The summed E-state index contributed by atoms with van der Waals surface area (Å²) in [6.07, 6.45) is 1.14. The number of amides is 1. The molecule has 0 spiro atoms. The van der Waals surface area contributed by atoms with Crippen LogP contribution in [-0.4, -0.2) is 46.5 Å². The molecule has 0 unspecified atom stereocenters. The summed E-state index contributed by atoms with van der Waals surface area (Å²) in [6.45, 7) is 9.21. The van der Waals surface area contributed by atoms with Gasteiger partial charge in [0.2, 0.25) is 15.9 Å². The first-order chi connectivity index (χ1) is 14.1. The Kier molecular flexibility index (Phi) is 6.38. The molecule has 1 atom stereocenters. The molecule has 1 aliphatic heterocycles. The van der Waals surface area contributed by atoms with Gasteiger partial charge >= 0.3 is 0 Å². The van der Waals surface area contributed by atoms with Crippen LogP contribution in [0.5, 0.6) is 0 Å². The average Bonchev–Trinajstić information content (AvgIpc) is 2.66. The van der Waals surface area contributed by atoms with E-state index in [1.54, 1.807) is 13.0 Å². The van der Waals surface area contributed by atoms with Gasteiger partial charge in [0.1, 0.15) is 6.73 Å². The lowest BCUT2D eigenvalue weighted by atomic mass is 9.99. The van der Waals surface area contributed by atoms with Gasteiger partial charge in [-0.2, -0.15) is 0 Å². The second-order valence-corrected chi connectivity index (χ2v) is 9.44. The maximum absolute atomic E-state index is 12.3. The summed E-state index contributed by atoms with van der Waals surface area (Å²) < 4.78 is 31.3. The molecule has 0 bridgehead atoms. The molecule has 1 N–H and O–H groups in total. The zero-order valence-corrected chi connectivity index (χ0v) is 18.9. The molecule has 2 aromatic carbocycles. The van der Waals surface area contributed by atoms with Crippen LogP contribution < -0.4 is 14.5 Å². The van der Waals surface area contributed by atoms with E-state index in [2.05, 4.69) is 15.7 Å². The van der Waals surface area contributed by atoms with E-state index in [0.717, 1.165) is 34.3 Å². The normalized spacial score (nSPS) is 16.4. The van der Waals surface area contributed by atoms with Crippen LogP contribution in [0.3, 0.4) is 0 Å². The lowest BCUT2D eigenvalue weighted by molar-refractivity contribution is -0.117. The number of nitrogens with one attached hydrogen (secondary N) is 1. The number of ether oxygens (including phenoxy) is 1. The Hall–Kier alpha value is -2.58. The number of rotatable bonds is 6.